The van der Waals surface area contributed by atoms with Gasteiger partial charge in [-0.15, -0.1) is 12.4 Å². The first-order valence-corrected chi connectivity index (χ1v) is 11.7. The van der Waals surface area contributed by atoms with Gasteiger partial charge in [-0.1, -0.05) is 42.5 Å². The number of carbonyl (C=O) groups is 3. The molecule has 190 valence electrons. The molecule has 2 aromatic carbocycles. The number of benzene rings is 2. The molecule has 0 bridgehead atoms. The summed E-state index contributed by atoms with van der Waals surface area (Å²) in [7, 11) is 1.61. The molecule has 8 nitrogen and oxygen atoms in total. The number of methoxy groups -OCH3 is 1. The lowest BCUT2D eigenvalue weighted by molar-refractivity contribution is -0.137. The summed E-state index contributed by atoms with van der Waals surface area (Å²) < 4.78 is 5.17. The summed E-state index contributed by atoms with van der Waals surface area (Å²) in [5, 5.41) is 5.90. The second-order valence-electron chi connectivity index (χ2n) is 8.71. The Labute approximate surface area is 213 Å². The van der Waals surface area contributed by atoms with Gasteiger partial charge in [0.1, 0.15) is 11.8 Å². The van der Waals surface area contributed by atoms with E-state index in [1.54, 1.807) is 18.9 Å². The molecular weight excluding hydrogens is 468 g/mol. The van der Waals surface area contributed by atoms with Crippen LogP contribution in [0.15, 0.2) is 54.6 Å². The Morgan fingerprint density at radius 1 is 1.03 bits per heavy atom. The van der Waals surface area contributed by atoms with E-state index in [0.717, 1.165) is 16.9 Å². The van der Waals surface area contributed by atoms with Gasteiger partial charge in [-0.2, -0.15) is 0 Å². The molecule has 2 unspecified atom stereocenters. The predicted octanol–water partition coefficient (Wildman–Crippen LogP) is 2.05. The molecule has 9 heteroatoms. The van der Waals surface area contributed by atoms with Gasteiger partial charge in [0.05, 0.1) is 13.2 Å². The number of nitrogens with one attached hydrogen (secondary N) is 2. The van der Waals surface area contributed by atoms with Crippen molar-refractivity contribution < 1.29 is 19.1 Å². The summed E-state index contributed by atoms with van der Waals surface area (Å²) in [6.07, 6.45) is 1.49. The number of nitrogens with zero attached hydrogens (tertiary/aromatic N) is 1. The molecule has 35 heavy (non-hydrogen) atoms. The van der Waals surface area contributed by atoms with Crippen LogP contribution in [-0.2, 0) is 27.3 Å². The number of amides is 3. The van der Waals surface area contributed by atoms with Gasteiger partial charge in [0.15, 0.2) is 0 Å². The molecule has 1 fully saturated rings. The summed E-state index contributed by atoms with van der Waals surface area (Å²) >= 11 is 0. The molecule has 0 spiro atoms. The maximum Gasteiger partial charge on any atom is 0.243 e. The van der Waals surface area contributed by atoms with Crippen molar-refractivity contribution in [1.29, 1.82) is 0 Å². The predicted molar refractivity (Wildman–Crippen MR) is 137 cm³/mol. The van der Waals surface area contributed by atoms with E-state index in [1.165, 1.54) is 0 Å². The normalized spacial score (nSPS) is 15.3. The van der Waals surface area contributed by atoms with E-state index in [1.807, 2.05) is 54.6 Å². The third-order valence-electron chi connectivity index (χ3n) is 6.11. The topological polar surface area (TPSA) is 114 Å². The first-order valence-electron chi connectivity index (χ1n) is 11.7. The number of ether oxygens (including phenoxy) is 1. The molecule has 3 rings (SSSR count). The van der Waals surface area contributed by atoms with Gasteiger partial charge in [-0.25, -0.2) is 0 Å². The molecule has 4 N–H and O–H groups in total. The number of rotatable bonds is 9. The highest BCUT2D eigenvalue weighted by Gasteiger charge is 2.30. The SMILES string of the molecule is COc1ccc(CNC(=O)C(Cc2ccccc2)NC(=O)C2CCN(C(=O)C(C)N)CC2)cc1.Cl. The Balaban J connectivity index is 0.00000432. The van der Waals surface area contributed by atoms with Gasteiger partial charge in [0, 0.05) is 32.0 Å². The van der Waals surface area contributed by atoms with Crippen LogP contribution in [0.2, 0.25) is 0 Å². The summed E-state index contributed by atoms with van der Waals surface area (Å²) in [5.74, 6) is 0.00694. The van der Waals surface area contributed by atoms with E-state index in [4.69, 9.17) is 10.5 Å². The Morgan fingerprint density at radius 3 is 2.23 bits per heavy atom. The number of nitrogens with two attached hydrogens (primary N) is 1. The molecule has 0 aromatic heterocycles. The zero-order valence-corrected chi connectivity index (χ0v) is 21.1. The zero-order chi connectivity index (χ0) is 24.5. The van der Waals surface area contributed by atoms with Crippen LogP contribution >= 0.6 is 12.4 Å². The van der Waals surface area contributed by atoms with Crippen LogP contribution in [0, 0.1) is 5.92 Å². The van der Waals surface area contributed by atoms with Crippen molar-refractivity contribution in [1.82, 2.24) is 15.5 Å². The Kier molecular flexibility index (Phi) is 11.0. The highest BCUT2D eigenvalue weighted by atomic mass is 35.5. The summed E-state index contributed by atoms with van der Waals surface area (Å²) in [4.78, 5) is 39.9. The number of hydrogen-bond acceptors (Lipinski definition) is 5. The molecule has 0 radical (unpaired) electrons. The van der Waals surface area contributed by atoms with Crippen molar-refractivity contribution in [2.24, 2.45) is 11.7 Å². The number of carbonyl (C=O) groups excluding carboxylic acids is 3. The third kappa shape index (κ3) is 8.26. The maximum absolute atomic E-state index is 13.1. The fourth-order valence-corrected chi connectivity index (χ4v) is 4.05. The van der Waals surface area contributed by atoms with Gasteiger partial charge < -0.3 is 26.0 Å². The van der Waals surface area contributed by atoms with Gasteiger partial charge in [-0.05, 0) is 43.0 Å². The van der Waals surface area contributed by atoms with Crippen molar-refractivity contribution in [2.45, 2.75) is 44.8 Å². The largest absolute Gasteiger partial charge is 0.497 e. The lowest BCUT2D eigenvalue weighted by Crippen LogP contribution is -2.52. The van der Waals surface area contributed by atoms with E-state index < -0.39 is 12.1 Å². The van der Waals surface area contributed by atoms with Gasteiger partial charge in [-0.3, -0.25) is 14.4 Å². The smallest absolute Gasteiger partial charge is 0.243 e. The standard InChI is InChI=1S/C26H34N4O4.ClH/c1-18(27)26(33)30-14-12-21(13-15-30)24(31)29-23(16-19-6-4-3-5-7-19)25(32)28-17-20-8-10-22(34-2)11-9-20;/h3-11,18,21,23H,12-17,27H2,1-2H3,(H,28,32)(H,29,31);1H. The number of piperidine rings is 1. The molecule has 3 amide bonds. The van der Waals surface area contributed by atoms with Crippen LogP contribution in [0.25, 0.3) is 0 Å². The minimum absolute atomic E-state index is 0. The first kappa shape index (κ1) is 28.1. The maximum atomic E-state index is 13.1. The molecule has 0 saturated carbocycles. The highest BCUT2D eigenvalue weighted by Crippen LogP contribution is 2.19. The Hall–Kier alpha value is -3.10. The summed E-state index contributed by atoms with van der Waals surface area (Å²) in [6, 6.07) is 15.8. The molecule has 2 atom stereocenters. The molecular formula is C26H35ClN4O4. The van der Waals surface area contributed by atoms with Crippen LogP contribution in [0.1, 0.15) is 30.9 Å². The molecule has 1 saturated heterocycles. The van der Waals surface area contributed by atoms with Crippen LogP contribution in [-0.4, -0.2) is 54.9 Å². The van der Waals surface area contributed by atoms with E-state index in [9.17, 15) is 14.4 Å². The van der Waals surface area contributed by atoms with Gasteiger partial charge in [0.2, 0.25) is 17.7 Å². The third-order valence-corrected chi connectivity index (χ3v) is 6.11. The second kappa shape index (κ2) is 13.7. The van der Waals surface area contributed by atoms with Gasteiger partial charge >= 0.3 is 0 Å². The lowest BCUT2D eigenvalue weighted by atomic mass is 9.94. The van der Waals surface area contributed by atoms with E-state index in [2.05, 4.69) is 10.6 Å². The van der Waals surface area contributed by atoms with Crippen LogP contribution < -0.4 is 21.1 Å². The lowest BCUT2D eigenvalue weighted by Gasteiger charge is -2.33. The Morgan fingerprint density at radius 2 is 1.66 bits per heavy atom. The summed E-state index contributed by atoms with van der Waals surface area (Å²) in [6.45, 7) is 3.00. The van der Waals surface area contributed by atoms with Crippen molar-refractivity contribution in [3.05, 3.63) is 65.7 Å². The fraction of sp³-hybridized carbons (Fsp3) is 0.423. The molecule has 1 aliphatic heterocycles. The van der Waals surface area contributed by atoms with Gasteiger partial charge in [0.25, 0.3) is 0 Å². The van der Waals surface area contributed by atoms with E-state index in [0.29, 0.717) is 38.9 Å². The second-order valence-corrected chi connectivity index (χ2v) is 8.71. The monoisotopic (exact) mass is 502 g/mol. The van der Waals surface area contributed by atoms with Crippen LogP contribution in [0.4, 0.5) is 0 Å². The number of hydrogen-bond donors (Lipinski definition) is 3. The Bertz CT molecular complexity index is 961. The summed E-state index contributed by atoms with van der Waals surface area (Å²) in [5.41, 5.74) is 7.60. The highest BCUT2D eigenvalue weighted by molar-refractivity contribution is 5.89. The van der Waals surface area contributed by atoms with E-state index >= 15 is 0 Å². The van der Waals surface area contributed by atoms with Crippen LogP contribution in [0.5, 0.6) is 5.75 Å². The van der Waals surface area contributed by atoms with Crippen LogP contribution in [0.3, 0.4) is 0 Å². The first-order chi connectivity index (χ1) is 16.4. The van der Waals surface area contributed by atoms with Crippen molar-refractivity contribution in [3.63, 3.8) is 0 Å². The quantitative estimate of drug-likeness (QED) is 0.485. The minimum atomic E-state index is -0.697. The van der Waals surface area contributed by atoms with E-state index in [-0.39, 0.29) is 36.0 Å². The molecule has 0 aliphatic carbocycles. The minimum Gasteiger partial charge on any atom is -0.497 e. The fourth-order valence-electron chi connectivity index (χ4n) is 4.05. The van der Waals surface area contributed by atoms with Crippen molar-refractivity contribution >= 4 is 30.1 Å². The zero-order valence-electron chi connectivity index (χ0n) is 20.2. The average molecular weight is 503 g/mol. The average Bonchev–Trinajstić information content (AvgIpc) is 2.87. The van der Waals surface area contributed by atoms with Crippen molar-refractivity contribution in [3.8, 4) is 5.75 Å². The molecule has 2 aromatic rings. The van der Waals surface area contributed by atoms with Crippen molar-refractivity contribution in [2.75, 3.05) is 20.2 Å². The molecule has 1 heterocycles. The molecule has 1 aliphatic rings. The number of halogens is 1. The number of likely N-dealkylation sites (tertiary alicyclic amines) is 1.